The van der Waals surface area contributed by atoms with Gasteiger partial charge in [-0.2, -0.15) is 4.37 Å². The fourth-order valence-corrected chi connectivity index (χ4v) is 3.26. The van der Waals surface area contributed by atoms with E-state index >= 15 is 0 Å². The number of nitrogens with zero attached hydrogens (tertiary/aromatic N) is 3. The lowest BCUT2D eigenvalue weighted by Gasteiger charge is -2.34. The highest BCUT2D eigenvalue weighted by Crippen LogP contribution is 2.20. The van der Waals surface area contributed by atoms with Crippen LogP contribution in [0.5, 0.6) is 5.88 Å². The van der Waals surface area contributed by atoms with Crippen molar-refractivity contribution in [3.8, 4) is 5.88 Å². The van der Waals surface area contributed by atoms with Crippen molar-refractivity contribution in [2.75, 3.05) is 33.3 Å². The van der Waals surface area contributed by atoms with E-state index in [0.29, 0.717) is 10.8 Å². The van der Waals surface area contributed by atoms with Crippen LogP contribution in [0.25, 0.3) is 0 Å². The van der Waals surface area contributed by atoms with Crippen LogP contribution in [0.4, 0.5) is 8.78 Å². The van der Waals surface area contributed by atoms with Crippen molar-refractivity contribution in [2.45, 2.75) is 0 Å². The number of methoxy groups -OCH3 is 1. The third-order valence-corrected chi connectivity index (χ3v) is 4.70. The number of rotatable bonds is 3. The van der Waals surface area contributed by atoms with Crippen molar-refractivity contribution < 1.29 is 23.1 Å². The first-order chi connectivity index (χ1) is 12.0. The predicted octanol–water partition coefficient (Wildman–Crippen LogP) is 2.03. The van der Waals surface area contributed by atoms with E-state index in [0.717, 1.165) is 23.7 Å². The highest BCUT2D eigenvalue weighted by molar-refractivity contribution is 7.08. The van der Waals surface area contributed by atoms with E-state index in [-0.39, 0.29) is 32.1 Å². The Kier molecular flexibility index (Phi) is 4.93. The Labute approximate surface area is 146 Å². The van der Waals surface area contributed by atoms with Crippen LogP contribution in [-0.2, 0) is 0 Å². The van der Waals surface area contributed by atoms with Gasteiger partial charge < -0.3 is 14.5 Å². The molecule has 0 aliphatic carbocycles. The zero-order valence-electron chi connectivity index (χ0n) is 13.4. The largest absolute Gasteiger partial charge is 0.480 e. The summed E-state index contributed by atoms with van der Waals surface area (Å²) in [5, 5.41) is 0. The van der Waals surface area contributed by atoms with Crippen molar-refractivity contribution in [3.63, 3.8) is 0 Å². The molecule has 6 nitrogen and oxygen atoms in total. The average molecular weight is 367 g/mol. The second-order valence-electron chi connectivity index (χ2n) is 5.41. The number of carbonyl (C=O) groups excluding carboxylic acids is 2. The topological polar surface area (TPSA) is 62.7 Å². The van der Waals surface area contributed by atoms with Crippen molar-refractivity contribution in [1.29, 1.82) is 0 Å². The lowest BCUT2D eigenvalue weighted by atomic mass is 10.1. The van der Waals surface area contributed by atoms with Gasteiger partial charge in [-0.15, -0.1) is 0 Å². The van der Waals surface area contributed by atoms with Gasteiger partial charge in [0.15, 0.2) is 0 Å². The summed E-state index contributed by atoms with van der Waals surface area (Å²) in [6, 6.07) is 4.86. The first kappa shape index (κ1) is 17.3. The van der Waals surface area contributed by atoms with Crippen LogP contribution in [0.3, 0.4) is 0 Å². The summed E-state index contributed by atoms with van der Waals surface area (Å²) in [6.07, 6.45) is 0. The molecular weight excluding hydrogens is 352 g/mol. The Morgan fingerprint density at radius 3 is 2.16 bits per heavy atom. The maximum absolute atomic E-state index is 13.7. The van der Waals surface area contributed by atoms with Crippen LogP contribution in [0.15, 0.2) is 24.3 Å². The summed E-state index contributed by atoms with van der Waals surface area (Å²) in [6.45, 7) is 0.963. The molecule has 1 aromatic heterocycles. The molecule has 0 N–H and O–H groups in total. The first-order valence-electron chi connectivity index (χ1n) is 7.54. The van der Waals surface area contributed by atoms with Crippen LogP contribution >= 0.6 is 11.5 Å². The third-order valence-electron chi connectivity index (χ3n) is 3.94. The molecular formula is C16H15F2N3O3S. The van der Waals surface area contributed by atoms with E-state index in [2.05, 4.69) is 4.37 Å². The summed E-state index contributed by atoms with van der Waals surface area (Å²) < 4.78 is 36.4. The van der Waals surface area contributed by atoms with E-state index in [1.165, 1.54) is 18.1 Å². The number of halogens is 2. The summed E-state index contributed by atoms with van der Waals surface area (Å²) >= 11 is 1.04. The summed E-state index contributed by atoms with van der Waals surface area (Å²) in [5.74, 6) is -2.31. The Bertz CT molecular complexity index is 783. The van der Waals surface area contributed by atoms with Crippen molar-refractivity contribution in [2.24, 2.45) is 0 Å². The maximum Gasteiger partial charge on any atom is 0.265 e. The molecule has 1 fully saturated rings. The van der Waals surface area contributed by atoms with Gasteiger partial charge in [-0.05, 0) is 23.7 Å². The van der Waals surface area contributed by atoms with E-state index < -0.39 is 23.1 Å². The number of benzene rings is 1. The van der Waals surface area contributed by atoms with Gasteiger partial charge in [0.05, 0.1) is 7.11 Å². The molecule has 1 aliphatic heterocycles. The van der Waals surface area contributed by atoms with Crippen LogP contribution in [0.1, 0.15) is 20.0 Å². The summed E-state index contributed by atoms with van der Waals surface area (Å²) in [4.78, 5) is 28.1. The normalized spacial score (nSPS) is 14.5. The van der Waals surface area contributed by atoms with Gasteiger partial charge in [0.1, 0.15) is 22.1 Å². The van der Waals surface area contributed by atoms with Gasteiger partial charge in [-0.1, -0.05) is 6.07 Å². The standard InChI is InChI=1S/C16H15F2N3O3S/c1-24-13-9-12(25-19-13)15(22)20-5-7-21(8-6-20)16(23)14-10(17)3-2-4-11(14)18/h2-4,9H,5-8H2,1H3. The number of piperazine rings is 1. The molecule has 0 saturated carbocycles. The molecule has 3 rings (SSSR count). The molecule has 25 heavy (non-hydrogen) atoms. The molecule has 1 aliphatic rings. The minimum absolute atomic E-state index is 0.203. The van der Waals surface area contributed by atoms with Crippen molar-refractivity contribution in [3.05, 3.63) is 46.3 Å². The van der Waals surface area contributed by atoms with E-state index in [4.69, 9.17) is 4.74 Å². The Hall–Kier alpha value is -2.55. The number of carbonyl (C=O) groups is 2. The average Bonchev–Trinajstić information content (AvgIpc) is 3.10. The van der Waals surface area contributed by atoms with Gasteiger partial charge in [-0.3, -0.25) is 9.59 Å². The van der Waals surface area contributed by atoms with E-state index in [9.17, 15) is 18.4 Å². The summed E-state index contributed by atoms with van der Waals surface area (Å²) in [5.41, 5.74) is -0.561. The second kappa shape index (κ2) is 7.14. The van der Waals surface area contributed by atoms with Gasteiger partial charge in [0.2, 0.25) is 5.88 Å². The number of hydrogen-bond donors (Lipinski definition) is 0. The molecule has 0 radical (unpaired) electrons. The summed E-state index contributed by atoms with van der Waals surface area (Å²) in [7, 11) is 1.47. The molecule has 0 atom stereocenters. The maximum atomic E-state index is 13.7. The van der Waals surface area contributed by atoms with Crippen LogP contribution in [-0.4, -0.2) is 59.3 Å². The Morgan fingerprint density at radius 1 is 1.08 bits per heavy atom. The first-order valence-corrected chi connectivity index (χ1v) is 8.32. The zero-order chi connectivity index (χ0) is 18.0. The molecule has 2 amide bonds. The number of aromatic nitrogens is 1. The second-order valence-corrected chi connectivity index (χ2v) is 6.22. The molecule has 0 unspecified atom stereocenters. The van der Waals surface area contributed by atoms with Gasteiger partial charge >= 0.3 is 0 Å². The molecule has 9 heteroatoms. The highest BCUT2D eigenvalue weighted by Gasteiger charge is 2.29. The monoisotopic (exact) mass is 367 g/mol. The van der Waals surface area contributed by atoms with Crippen LogP contribution < -0.4 is 4.74 Å². The predicted molar refractivity (Wildman–Crippen MR) is 86.8 cm³/mol. The highest BCUT2D eigenvalue weighted by atomic mass is 32.1. The lowest BCUT2D eigenvalue weighted by molar-refractivity contribution is 0.0532. The molecule has 2 heterocycles. The minimum atomic E-state index is -0.889. The Balaban J connectivity index is 1.65. The smallest absolute Gasteiger partial charge is 0.265 e. The van der Waals surface area contributed by atoms with Gasteiger partial charge in [-0.25, -0.2) is 8.78 Å². The van der Waals surface area contributed by atoms with Gasteiger partial charge in [0, 0.05) is 32.2 Å². The SMILES string of the molecule is COc1cc(C(=O)N2CCN(C(=O)c3c(F)cccc3F)CC2)sn1. The molecule has 132 valence electrons. The molecule has 0 bridgehead atoms. The van der Waals surface area contributed by atoms with Crippen molar-refractivity contribution in [1.82, 2.24) is 14.2 Å². The molecule has 2 aromatic rings. The van der Waals surface area contributed by atoms with E-state index in [1.54, 1.807) is 11.0 Å². The minimum Gasteiger partial charge on any atom is -0.480 e. The molecule has 1 aromatic carbocycles. The molecule has 1 saturated heterocycles. The van der Waals surface area contributed by atoms with Crippen molar-refractivity contribution >= 4 is 23.3 Å². The number of amides is 2. The quantitative estimate of drug-likeness (QED) is 0.833. The van der Waals surface area contributed by atoms with E-state index in [1.807, 2.05) is 0 Å². The van der Waals surface area contributed by atoms with Crippen LogP contribution in [0.2, 0.25) is 0 Å². The number of ether oxygens (including phenoxy) is 1. The Morgan fingerprint density at radius 2 is 1.64 bits per heavy atom. The zero-order valence-corrected chi connectivity index (χ0v) is 14.2. The molecule has 0 spiro atoms. The third kappa shape index (κ3) is 3.46. The lowest BCUT2D eigenvalue weighted by Crippen LogP contribution is -2.50. The number of hydrogen-bond acceptors (Lipinski definition) is 5. The fraction of sp³-hybridized carbons (Fsp3) is 0.312. The van der Waals surface area contributed by atoms with Crippen LogP contribution in [0, 0.1) is 11.6 Å². The fourth-order valence-electron chi connectivity index (χ4n) is 2.58. The van der Waals surface area contributed by atoms with Gasteiger partial charge in [0.25, 0.3) is 11.8 Å².